The van der Waals surface area contributed by atoms with Crippen molar-refractivity contribution in [3.05, 3.63) is 26.7 Å². The minimum absolute atomic E-state index is 0.0746. The highest BCUT2D eigenvalue weighted by Crippen LogP contribution is 2.33. The Morgan fingerprint density at radius 3 is 2.48 bits per heavy atom. The molecule has 0 aromatic heterocycles. The van der Waals surface area contributed by atoms with Crippen LogP contribution in [0.5, 0.6) is 0 Å². The van der Waals surface area contributed by atoms with E-state index in [-0.39, 0.29) is 33.5 Å². The van der Waals surface area contributed by atoms with Crippen molar-refractivity contribution in [3.8, 4) is 0 Å². The smallest absolute Gasteiger partial charge is 0.243 e. The molecule has 0 heterocycles. The van der Waals surface area contributed by atoms with Gasteiger partial charge in [-0.3, -0.25) is 0 Å². The number of benzene rings is 1. The van der Waals surface area contributed by atoms with E-state index in [1.807, 2.05) is 0 Å². The van der Waals surface area contributed by atoms with Gasteiger partial charge in [0.2, 0.25) is 10.0 Å². The predicted molar refractivity (Wildman–Crippen MR) is 87.3 cm³/mol. The molecule has 0 aliphatic heterocycles. The van der Waals surface area contributed by atoms with E-state index >= 15 is 0 Å². The van der Waals surface area contributed by atoms with Crippen LogP contribution in [-0.2, 0) is 10.0 Å². The van der Waals surface area contributed by atoms with Gasteiger partial charge in [0.1, 0.15) is 4.90 Å². The quantitative estimate of drug-likeness (QED) is 0.788. The first-order valence-electron chi connectivity index (χ1n) is 6.62. The number of rotatable bonds is 4. The monoisotopic (exact) mass is 415 g/mol. The molecule has 118 valence electrons. The molecule has 0 amide bonds. The molecular formula is C13H16BrCl2NO3S. The van der Waals surface area contributed by atoms with E-state index < -0.39 is 10.0 Å². The van der Waals surface area contributed by atoms with E-state index in [0.717, 1.165) is 19.3 Å². The van der Waals surface area contributed by atoms with Crippen LogP contribution in [-0.4, -0.2) is 26.2 Å². The number of aliphatic hydroxyl groups excluding tert-OH is 1. The number of aliphatic hydroxyl groups is 1. The zero-order chi connectivity index (χ0) is 15.6. The minimum Gasteiger partial charge on any atom is -0.393 e. The maximum absolute atomic E-state index is 12.4. The molecule has 0 bridgehead atoms. The number of hydrogen-bond acceptors (Lipinski definition) is 3. The molecule has 0 saturated heterocycles. The standard InChI is InChI=1S/C13H16BrCl2NO3S/c14-9-5-11(15)13(12(16)6-9)21(19,20)17-7-8-2-1-3-10(18)4-8/h5-6,8,10,17-18H,1-4,7H2. The molecule has 1 aliphatic carbocycles. The first kappa shape index (κ1) is 17.5. The van der Waals surface area contributed by atoms with Crippen LogP contribution in [0.15, 0.2) is 21.5 Å². The van der Waals surface area contributed by atoms with Gasteiger partial charge in [-0.05, 0) is 37.3 Å². The average molecular weight is 417 g/mol. The molecule has 2 unspecified atom stereocenters. The number of nitrogens with one attached hydrogen (secondary N) is 1. The van der Waals surface area contributed by atoms with Crippen LogP contribution in [0, 0.1) is 5.92 Å². The second kappa shape index (κ2) is 7.15. The van der Waals surface area contributed by atoms with Gasteiger partial charge in [0, 0.05) is 11.0 Å². The number of halogens is 3. The zero-order valence-electron chi connectivity index (χ0n) is 11.2. The third-order valence-corrected chi connectivity index (χ3v) is 6.35. The summed E-state index contributed by atoms with van der Waals surface area (Å²) in [5, 5.41) is 9.77. The summed E-state index contributed by atoms with van der Waals surface area (Å²) in [6.07, 6.45) is 2.88. The first-order chi connectivity index (χ1) is 9.79. The van der Waals surface area contributed by atoms with Crippen LogP contribution < -0.4 is 4.72 Å². The summed E-state index contributed by atoms with van der Waals surface area (Å²) in [4.78, 5) is -0.106. The molecule has 1 fully saturated rings. The normalized spacial score (nSPS) is 23.2. The highest BCUT2D eigenvalue weighted by molar-refractivity contribution is 9.10. The van der Waals surface area contributed by atoms with Gasteiger partial charge in [-0.25, -0.2) is 13.1 Å². The van der Waals surface area contributed by atoms with E-state index in [0.29, 0.717) is 10.9 Å². The second-order valence-corrected chi connectivity index (χ2v) is 8.67. The van der Waals surface area contributed by atoms with Crippen LogP contribution in [0.25, 0.3) is 0 Å². The van der Waals surface area contributed by atoms with Crippen LogP contribution in [0.3, 0.4) is 0 Å². The molecule has 2 rings (SSSR count). The Labute approximate surface area is 143 Å². The Bertz CT molecular complexity index is 601. The van der Waals surface area contributed by atoms with Crippen LogP contribution in [0.1, 0.15) is 25.7 Å². The second-order valence-electron chi connectivity index (χ2n) is 5.24. The zero-order valence-corrected chi connectivity index (χ0v) is 15.1. The fourth-order valence-corrected chi connectivity index (χ4v) is 5.58. The molecular weight excluding hydrogens is 401 g/mol. The summed E-state index contributed by atoms with van der Waals surface area (Å²) in [6.45, 7) is 0.280. The van der Waals surface area contributed by atoms with Gasteiger partial charge in [-0.15, -0.1) is 0 Å². The van der Waals surface area contributed by atoms with Gasteiger partial charge >= 0.3 is 0 Å². The van der Waals surface area contributed by atoms with E-state index in [2.05, 4.69) is 20.7 Å². The number of sulfonamides is 1. The van der Waals surface area contributed by atoms with Crippen molar-refractivity contribution < 1.29 is 13.5 Å². The van der Waals surface area contributed by atoms with Crippen molar-refractivity contribution in [2.24, 2.45) is 5.92 Å². The molecule has 1 aliphatic rings. The SMILES string of the molecule is O=S(=O)(NCC1CCCC(O)C1)c1c(Cl)cc(Br)cc1Cl. The van der Waals surface area contributed by atoms with E-state index in [9.17, 15) is 13.5 Å². The lowest BCUT2D eigenvalue weighted by Gasteiger charge is -2.26. The molecule has 4 nitrogen and oxygen atoms in total. The molecule has 2 atom stereocenters. The van der Waals surface area contributed by atoms with Crippen LogP contribution in [0.2, 0.25) is 10.0 Å². The molecule has 1 saturated carbocycles. The molecule has 0 radical (unpaired) electrons. The lowest BCUT2D eigenvalue weighted by Crippen LogP contribution is -2.33. The Kier molecular flexibility index (Phi) is 5.96. The third-order valence-electron chi connectivity index (χ3n) is 3.55. The third kappa shape index (κ3) is 4.56. The highest BCUT2D eigenvalue weighted by Gasteiger charge is 2.25. The maximum Gasteiger partial charge on any atom is 0.243 e. The van der Waals surface area contributed by atoms with Gasteiger partial charge in [-0.1, -0.05) is 45.6 Å². The van der Waals surface area contributed by atoms with E-state index in [4.69, 9.17) is 23.2 Å². The first-order valence-corrected chi connectivity index (χ1v) is 9.65. The van der Waals surface area contributed by atoms with Gasteiger partial charge < -0.3 is 5.11 Å². The highest BCUT2D eigenvalue weighted by atomic mass is 79.9. The summed E-state index contributed by atoms with van der Waals surface area (Å²) in [5.41, 5.74) is 0. The van der Waals surface area contributed by atoms with Gasteiger partial charge in [0.15, 0.2) is 0 Å². The molecule has 8 heteroatoms. The Morgan fingerprint density at radius 1 is 1.29 bits per heavy atom. The van der Waals surface area contributed by atoms with Crippen molar-refractivity contribution >= 4 is 49.2 Å². The largest absolute Gasteiger partial charge is 0.393 e. The van der Waals surface area contributed by atoms with Crippen molar-refractivity contribution in [1.29, 1.82) is 0 Å². The lowest BCUT2D eigenvalue weighted by molar-refractivity contribution is 0.102. The topological polar surface area (TPSA) is 66.4 Å². The van der Waals surface area contributed by atoms with Gasteiger partial charge in [-0.2, -0.15) is 0 Å². The molecule has 21 heavy (non-hydrogen) atoms. The molecule has 1 aromatic rings. The van der Waals surface area contributed by atoms with Crippen molar-refractivity contribution in [2.75, 3.05) is 6.54 Å². The average Bonchev–Trinajstić information content (AvgIpc) is 2.35. The maximum atomic E-state index is 12.4. The van der Waals surface area contributed by atoms with Crippen molar-refractivity contribution in [2.45, 2.75) is 36.7 Å². The van der Waals surface area contributed by atoms with E-state index in [1.54, 1.807) is 0 Å². The summed E-state index contributed by atoms with van der Waals surface area (Å²) in [6, 6.07) is 2.98. The predicted octanol–water partition coefficient (Wildman–Crippen LogP) is 3.59. The van der Waals surface area contributed by atoms with Gasteiger partial charge in [0.05, 0.1) is 16.1 Å². The van der Waals surface area contributed by atoms with Crippen molar-refractivity contribution in [3.63, 3.8) is 0 Å². The molecule has 2 N–H and O–H groups in total. The Hall–Kier alpha value is 0.150. The summed E-state index contributed by atoms with van der Waals surface area (Å²) in [5.74, 6) is 0.136. The fraction of sp³-hybridized carbons (Fsp3) is 0.538. The molecule has 0 spiro atoms. The Morgan fingerprint density at radius 2 is 1.90 bits per heavy atom. The van der Waals surface area contributed by atoms with Gasteiger partial charge in [0.25, 0.3) is 0 Å². The van der Waals surface area contributed by atoms with Crippen LogP contribution in [0.4, 0.5) is 0 Å². The van der Waals surface area contributed by atoms with E-state index in [1.165, 1.54) is 12.1 Å². The Balaban J connectivity index is 2.12. The summed E-state index contributed by atoms with van der Waals surface area (Å²) < 4.78 is 27.9. The number of hydrogen-bond donors (Lipinski definition) is 2. The van der Waals surface area contributed by atoms with Crippen molar-refractivity contribution in [1.82, 2.24) is 4.72 Å². The lowest BCUT2D eigenvalue weighted by atomic mass is 9.87. The summed E-state index contributed by atoms with van der Waals surface area (Å²) in [7, 11) is -3.77. The molecule has 1 aromatic carbocycles. The summed E-state index contributed by atoms with van der Waals surface area (Å²) >= 11 is 15.2. The minimum atomic E-state index is -3.77. The fourth-order valence-electron chi connectivity index (χ4n) is 2.53. The van der Waals surface area contributed by atoms with Crippen LogP contribution >= 0.6 is 39.1 Å².